The van der Waals surface area contributed by atoms with Gasteiger partial charge >= 0.3 is 0 Å². The second-order valence-electron chi connectivity index (χ2n) is 4.53. The Kier molecular flexibility index (Phi) is 14.7. The molecule has 0 radical (unpaired) electrons. The summed E-state index contributed by atoms with van der Waals surface area (Å²) in [4.78, 5) is 21.5. The third kappa shape index (κ3) is 9.26. The van der Waals surface area contributed by atoms with Gasteiger partial charge in [0.25, 0.3) is 5.91 Å². The van der Waals surface area contributed by atoms with E-state index in [1.165, 1.54) is 0 Å². The molecule has 0 rings (SSSR count). The maximum absolute atomic E-state index is 11.5. The van der Waals surface area contributed by atoms with Gasteiger partial charge < -0.3 is 41.0 Å². The van der Waals surface area contributed by atoms with Gasteiger partial charge in [-0.15, -0.1) is 12.4 Å². The molecule has 7 N–H and O–H groups in total. The Morgan fingerprint density at radius 2 is 1.68 bits per heavy atom. The van der Waals surface area contributed by atoms with Crippen molar-refractivity contribution in [3.63, 3.8) is 0 Å². The molecule has 0 aliphatic carbocycles. The number of hydrogen-bond acceptors (Lipinski definition) is 8. The van der Waals surface area contributed by atoms with Gasteiger partial charge in [-0.2, -0.15) is 0 Å². The Morgan fingerprint density at radius 3 is 2.23 bits per heavy atom. The molecule has 0 aromatic carbocycles. The Bertz CT molecular complexity index is 309. The molecule has 0 heterocycles. The van der Waals surface area contributed by atoms with Gasteiger partial charge in [-0.3, -0.25) is 4.79 Å². The molecule has 22 heavy (non-hydrogen) atoms. The molecule has 4 atom stereocenters. The lowest BCUT2D eigenvalue weighted by molar-refractivity contribution is -0.148. The molecule has 0 bridgehead atoms. The van der Waals surface area contributed by atoms with Crippen molar-refractivity contribution in [2.24, 2.45) is 0 Å². The zero-order valence-electron chi connectivity index (χ0n) is 12.1. The van der Waals surface area contributed by atoms with E-state index in [9.17, 15) is 24.9 Å². The number of aldehydes is 1. The van der Waals surface area contributed by atoms with Crippen molar-refractivity contribution >= 4 is 24.6 Å². The van der Waals surface area contributed by atoms with Crippen molar-refractivity contribution in [1.29, 1.82) is 0 Å². The molecule has 0 unspecified atom stereocenters. The fraction of sp³-hybridized carbons (Fsp3) is 0.833. The van der Waals surface area contributed by atoms with E-state index in [4.69, 9.17) is 10.2 Å². The lowest BCUT2D eigenvalue weighted by Crippen LogP contribution is -2.51. The quantitative estimate of drug-likeness (QED) is 0.142. The lowest BCUT2D eigenvalue weighted by atomic mass is 10.0. The summed E-state index contributed by atoms with van der Waals surface area (Å²) in [6.45, 7) is 0.539. The minimum absolute atomic E-state index is 0. The van der Waals surface area contributed by atoms with E-state index in [2.05, 4.69) is 10.6 Å². The van der Waals surface area contributed by atoms with Gasteiger partial charge in [-0.1, -0.05) is 0 Å². The summed E-state index contributed by atoms with van der Waals surface area (Å²) < 4.78 is 0. The summed E-state index contributed by atoms with van der Waals surface area (Å²) in [7, 11) is 0. The highest BCUT2D eigenvalue weighted by Crippen LogP contribution is 2.05. The van der Waals surface area contributed by atoms with E-state index in [1.807, 2.05) is 0 Å². The van der Waals surface area contributed by atoms with E-state index >= 15 is 0 Å². The first-order valence-electron chi connectivity index (χ1n) is 6.70. The van der Waals surface area contributed by atoms with Crippen LogP contribution in [0.25, 0.3) is 0 Å². The maximum atomic E-state index is 11.5. The summed E-state index contributed by atoms with van der Waals surface area (Å²) in [5.74, 6) is -0.889. The van der Waals surface area contributed by atoms with E-state index in [0.717, 1.165) is 6.29 Å². The first-order chi connectivity index (χ1) is 9.95. The number of nitrogens with one attached hydrogen (secondary N) is 2. The number of carbonyl (C=O) groups is 2. The van der Waals surface area contributed by atoms with Crippen LogP contribution >= 0.6 is 12.4 Å². The third-order valence-electron chi connectivity index (χ3n) is 2.79. The van der Waals surface area contributed by atoms with Gasteiger partial charge in [0.2, 0.25) is 0 Å². The van der Waals surface area contributed by atoms with E-state index < -0.39 is 36.9 Å². The predicted octanol–water partition coefficient (Wildman–Crippen LogP) is -3.47. The van der Waals surface area contributed by atoms with Crippen LogP contribution in [-0.4, -0.2) is 88.4 Å². The summed E-state index contributed by atoms with van der Waals surface area (Å²) >= 11 is 0. The highest BCUT2D eigenvalue weighted by atomic mass is 35.5. The number of aliphatic hydroxyl groups excluding tert-OH is 5. The molecular formula is C12H25ClN2O7. The summed E-state index contributed by atoms with van der Waals surface area (Å²) in [5, 5.41) is 51.4. The van der Waals surface area contributed by atoms with Crippen LogP contribution in [0.1, 0.15) is 12.8 Å². The molecule has 0 saturated carbocycles. The molecule has 0 aromatic rings. The molecule has 9 nitrogen and oxygen atoms in total. The van der Waals surface area contributed by atoms with Crippen LogP contribution in [-0.2, 0) is 9.59 Å². The monoisotopic (exact) mass is 344 g/mol. The van der Waals surface area contributed by atoms with Crippen LogP contribution in [0, 0.1) is 0 Å². The molecule has 0 spiro atoms. The molecule has 10 heteroatoms. The number of rotatable bonds is 12. The molecular weight excluding hydrogens is 320 g/mol. The van der Waals surface area contributed by atoms with E-state index in [-0.39, 0.29) is 19.0 Å². The number of amides is 1. The Hall–Kier alpha value is -0.810. The van der Waals surface area contributed by atoms with Crippen molar-refractivity contribution in [2.75, 3.05) is 26.2 Å². The molecule has 0 aromatic heterocycles. The summed E-state index contributed by atoms with van der Waals surface area (Å²) in [5.41, 5.74) is 0. The van der Waals surface area contributed by atoms with Crippen LogP contribution in [0.15, 0.2) is 0 Å². The highest BCUT2D eigenvalue weighted by molar-refractivity contribution is 5.85. The van der Waals surface area contributed by atoms with Crippen LogP contribution in [0.2, 0.25) is 0 Å². The lowest BCUT2D eigenvalue weighted by Gasteiger charge is -2.24. The Balaban J connectivity index is 0. The average Bonchev–Trinajstić information content (AvgIpc) is 2.50. The fourth-order valence-electron chi connectivity index (χ4n) is 1.49. The first-order valence-corrected chi connectivity index (χ1v) is 6.70. The summed E-state index contributed by atoms with van der Waals surface area (Å²) in [6.07, 6.45) is -5.55. The molecule has 0 aliphatic rings. The molecule has 0 aliphatic heterocycles. The average molecular weight is 345 g/mol. The van der Waals surface area contributed by atoms with Gasteiger partial charge in [0, 0.05) is 19.5 Å². The van der Waals surface area contributed by atoms with Crippen LogP contribution in [0.3, 0.4) is 0 Å². The second kappa shape index (κ2) is 13.8. The third-order valence-corrected chi connectivity index (χ3v) is 2.79. The van der Waals surface area contributed by atoms with Crippen molar-refractivity contribution in [3.05, 3.63) is 0 Å². The zero-order chi connectivity index (χ0) is 16.3. The SMILES string of the molecule is Cl.O=CCCNCCCNC(=O)[C@H](O)[C@@H](O)[C@H](O)[C@H](O)CO. The highest BCUT2D eigenvalue weighted by Gasteiger charge is 2.33. The molecule has 0 saturated heterocycles. The van der Waals surface area contributed by atoms with Crippen molar-refractivity contribution in [1.82, 2.24) is 10.6 Å². The fourth-order valence-corrected chi connectivity index (χ4v) is 1.49. The largest absolute Gasteiger partial charge is 0.394 e. The van der Waals surface area contributed by atoms with E-state index in [1.54, 1.807) is 0 Å². The molecule has 132 valence electrons. The predicted molar refractivity (Wildman–Crippen MR) is 79.5 cm³/mol. The van der Waals surface area contributed by atoms with Crippen LogP contribution < -0.4 is 10.6 Å². The number of halogens is 1. The molecule has 0 fully saturated rings. The minimum Gasteiger partial charge on any atom is -0.394 e. The van der Waals surface area contributed by atoms with Gasteiger partial charge in [0.1, 0.15) is 24.6 Å². The van der Waals surface area contributed by atoms with Gasteiger partial charge in [-0.25, -0.2) is 0 Å². The number of carbonyl (C=O) groups excluding carboxylic acids is 2. The molecule has 1 amide bonds. The Morgan fingerprint density at radius 1 is 1.05 bits per heavy atom. The normalized spacial score (nSPS) is 16.0. The second-order valence-corrected chi connectivity index (χ2v) is 4.53. The standard InChI is InChI=1S/C12H24N2O7.ClH/c15-6-2-4-13-3-1-5-14-12(21)11(20)10(19)9(18)8(17)7-16;/h6,8-11,13,16-20H,1-5,7H2,(H,14,21);1H/t8-,9-,10+,11-;/m1./s1. The van der Waals surface area contributed by atoms with Crippen molar-refractivity contribution < 1.29 is 35.1 Å². The van der Waals surface area contributed by atoms with Crippen LogP contribution in [0.5, 0.6) is 0 Å². The number of hydrogen-bond donors (Lipinski definition) is 7. The van der Waals surface area contributed by atoms with Crippen LogP contribution in [0.4, 0.5) is 0 Å². The van der Waals surface area contributed by atoms with Gasteiger partial charge in [-0.05, 0) is 13.0 Å². The number of aliphatic hydroxyl groups is 5. The van der Waals surface area contributed by atoms with Gasteiger partial charge in [0.05, 0.1) is 6.61 Å². The zero-order valence-corrected chi connectivity index (χ0v) is 12.9. The topological polar surface area (TPSA) is 159 Å². The minimum atomic E-state index is -1.91. The summed E-state index contributed by atoms with van der Waals surface area (Å²) in [6, 6.07) is 0. The smallest absolute Gasteiger partial charge is 0.251 e. The van der Waals surface area contributed by atoms with Crippen molar-refractivity contribution in [2.45, 2.75) is 37.3 Å². The first kappa shape index (κ1) is 23.5. The van der Waals surface area contributed by atoms with Gasteiger partial charge in [0.15, 0.2) is 6.10 Å². The van der Waals surface area contributed by atoms with Crippen molar-refractivity contribution in [3.8, 4) is 0 Å². The Labute approximate surface area is 134 Å². The van der Waals surface area contributed by atoms with E-state index in [0.29, 0.717) is 25.9 Å². The maximum Gasteiger partial charge on any atom is 0.251 e.